The van der Waals surface area contributed by atoms with E-state index in [4.69, 9.17) is 4.98 Å². The summed E-state index contributed by atoms with van der Waals surface area (Å²) in [7, 11) is 0. The van der Waals surface area contributed by atoms with Gasteiger partial charge >= 0.3 is 0 Å². The molecule has 5 nitrogen and oxygen atoms in total. The normalized spacial score (nSPS) is 16.5. The van der Waals surface area contributed by atoms with E-state index in [0.717, 1.165) is 49.6 Å². The molecule has 0 aliphatic heterocycles. The molecule has 0 fully saturated rings. The third-order valence-corrected chi connectivity index (χ3v) is 6.38. The van der Waals surface area contributed by atoms with E-state index >= 15 is 0 Å². The predicted molar refractivity (Wildman–Crippen MR) is 130 cm³/mol. The van der Waals surface area contributed by atoms with Crippen molar-refractivity contribution in [2.24, 2.45) is 0 Å². The number of benzene rings is 1. The van der Waals surface area contributed by atoms with Crippen LogP contribution in [0.1, 0.15) is 6.42 Å². The molecular formula is C27H17F2N5. The van der Waals surface area contributed by atoms with Crippen molar-refractivity contribution in [2.45, 2.75) is 12.6 Å². The van der Waals surface area contributed by atoms with Crippen molar-refractivity contribution in [1.29, 1.82) is 0 Å². The van der Waals surface area contributed by atoms with Gasteiger partial charge in [-0.05, 0) is 42.5 Å². The van der Waals surface area contributed by atoms with Crippen LogP contribution in [-0.2, 0) is 0 Å². The monoisotopic (exact) mass is 449 g/mol. The molecule has 0 saturated carbocycles. The van der Waals surface area contributed by atoms with Gasteiger partial charge in [-0.3, -0.25) is 14.5 Å². The minimum absolute atomic E-state index is 0.243. The lowest BCUT2D eigenvalue weighted by atomic mass is 10.1. The summed E-state index contributed by atoms with van der Waals surface area (Å²) in [5, 5.41) is 2.58. The Bertz CT molecular complexity index is 1810. The largest absolute Gasteiger partial charge is 0.307 e. The summed E-state index contributed by atoms with van der Waals surface area (Å²) in [6.07, 6.45) is 8.32. The molecule has 164 valence electrons. The van der Waals surface area contributed by atoms with Gasteiger partial charge in [0.05, 0.1) is 27.5 Å². The quantitative estimate of drug-likeness (QED) is 0.303. The minimum atomic E-state index is -1.39. The predicted octanol–water partition coefficient (Wildman–Crippen LogP) is 6.51. The molecule has 5 aromatic heterocycles. The molecule has 1 aromatic carbocycles. The van der Waals surface area contributed by atoms with Gasteiger partial charge in [-0.25, -0.2) is 13.8 Å². The first-order valence-electron chi connectivity index (χ1n) is 11.0. The van der Waals surface area contributed by atoms with Gasteiger partial charge in [0.1, 0.15) is 17.6 Å². The second kappa shape index (κ2) is 7.05. The van der Waals surface area contributed by atoms with Crippen molar-refractivity contribution >= 4 is 49.6 Å². The first-order chi connectivity index (χ1) is 16.7. The molecule has 0 spiro atoms. The maximum atomic E-state index is 14.5. The average molecular weight is 449 g/mol. The first-order valence-corrected chi connectivity index (χ1v) is 11.0. The van der Waals surface area contributed by atoms with Gasteiger partial charge in [0.25, 0.3) is 0 Å². The molecule has 0 radical (unpaired) electrons. The van der Waals surface area contributed by atoms with Crippen LogP contribution in [0.2, 0.25) is 0 Å². The van der Waals surface area contributed by atoms with Crippen LogP contribution in [0.3, 0.4) is 0 Å². The number of fused-ring (bicyclic) bond motifs is 7. The maximum Gasteiger partial charge on any atom is 0.147 e. The standard InChI is InChI=1S/C27H17F2N5/c28-16-11-17(29)13-19(12-16)33-23-7-4-9-31-25(23)21-15-32-27-24(26(21)33)20-14-30-10-8-22(20)34(27)18-5-2-1-3-6-18/h1-10,12-16H,11H2. The molecule has 6 aromatic rings. The topological polar surface area (TPSA) is 48.5 Å². The lowest BCUT2D eigenvalue weighted by molar-refractivity contribution is 0.369. The van der Waals surface area contributed by atoms with Gasteiger partial charge in [-0.1, -0.05) is 18.2 Å². The summed E-state index contributed by atoms with van der Waals surface area (Å²) in [5.41, 5.74) is 5.39. The highest BCUT2D eigenvalue weighted by molar-refractivity contribution is 6.24. The van der Waals surface area contributed by atoms with Crippen LogP contribution in [0.15, 0.2) is 91.3 Å². The molecule has 34 heavy (non-hydrogen) atoms. The van der Waals surface area contributed by atoms with Crippen LogP contribution >= 0.6 is 0 Å². The number of rotatable bonds is 2. The van der Waals surface area contributed by atoms with Gasteiger partial charge in [-0.2, -0.15) is 0 Å². The molecular weight excluding hydrogens is 432 g/mol. The van der Waals surface area contributed by atoms with E-state index < -0.39 is 12.0 Å². The highest BCUT2D eigenvalue weighted by atomic mass is 19.1. The Morgan fingerprint density at radius 3 is 2.59 bits per heavy atom. The smallest absolute Gasteiger partial charge is 0.147 e. The molecule has 0 amide bonds. The minimum Gasteiger partial charge on any atom is -0.307 e. The summed E-state index contributed by atoms with van der Waals surface area (Å²) >= 11 is 0. The number of alkyl halides is 1. The second-order valence-electron chi connectivity index (χ2n) is 8.39. The Balaban J connectivity index is 1.73. The van der Waals surface area contributed by atoms with E-state index in [1.54, 1.807) is 18.6 Å². The van der Waals surface area contributed by atoms with Crippen molar-refractivity contribution in [2.75, 3.05) is 0 Å². The molecule has 1 atom stereocenters. The Morgan fingerprint density at radius 1 is 0.853 bits per heavy atom. The Morgan fingerprint density at radius 2 is 1.74 bits per heavy atom. The van der Waals surface area contributed by atoms with Gasteiger partial charge in [0, 0.05) is 53.4 Å². The third kappa shape index (κ3) is 2.61. The number of hydrogen-bond donors (Lipinski definition) is 0. The van der Waals surface area contributed by atoms with Crippen LogP contribution in [0.25, 0.3) is 55.3 Å². The third-order valence-electron chi connectivity index (χ3n) is 6.38. The summed E-state index contributed by atoms with van der Waals surface area (Å²) in [5.74, 6) is -0.484. The zero-order valence-electron chi connectivity index (χ0n) is 17.9. The fourth-order valence-electron chi connectivity index (χ4n) is 5.05. The highest BCUT2D eigenvalue weighted by Crippen LogP contribution is 2.41. The molecule has 5 heterocycles. The number of allylic oxidation sites excluding steroid dienone is 4. The van der Waals surface area contributed by atoms with Crippen LogP contribution < -0.4 is 0 Å². The van der Waals surface area contributed by atoms with Gasteiger partial charge < -0.3 is 4.57 Å². The van der Waals surface area contributed by atoms with Crippen molar-refractivity contribution in [3.8, 4) is 5.69 Å². The lowest BCUT2D eigenvalue weighted by Gasteiger charge is -2.15. The van der Waals surface area contributed by atoms with Crippen molar-refractivity contribution < 1.29 is 8.78 Å². The zero-order valence-corrected chi connectivity index (χ0v) is 17.9. The van der Waals surface area contributed by atoms with E-state index in [1.807, 2.05) is 59.3 Å². The summed E-state index contributed by atoms with van der Waals surface area (Å²) in [6, 6.07) is 15.7. The fourth-order valence-corrected chi connectivity index (χ4v) is 5.05. The number of pyridine rings is 3. The SMILES string of the molecule is FC1=CC(n2c3cccnc3c3cnc4c(c5cnccc5n4-c4ccccc4)c32)=CC(F)C1. The van der Waals surface area contributed by atoms with E-state index in [9.17, 15) is 8.78 Å². The van der Waals surface area contributed by atoms with Crippen LogP contribution in [0, 0.1) is 0 Å². The summed E-state index contributed by atoms with van der Waals surface area (Å²) in [6.45, 7) is 0. The molecule has 0 N–H and O–H groups in total. The molecule has 0 bridgehead atoms. The Hall–Kier alpha value is -4.39. The molecule has 1 aliphatic carbocycles. The van der Waals surface area contributed by atoms with E-state index in [0.29, 0.717) is 5.70 Å². The van der Waals surface area contributed by atoms with Gasteiger partial charge in [0.2, 0.25) is 0 Å². The number of aromatic nitrogens is 5. The zero-order chi connectivity index (χ0) is 22.8. The second-order valence-corrected chi connectivity index (χ2v) is 8.39. The number of hydrogen-bond acceptors (Lipinski definition) is 3. The number of halogens is 2. The lowest BCUT2D eigenvalue weighted by Crippen LogP contribution is -2.07. The van der Waals surface area contributed by atoms with Crippen LogP contribution in [0.5, 0.6) is 0 Å². The molecule has 1 aliphatic rings. The van der Waals surface area contributed by atoms with Gasteiger partial charge in [-0.15, -0.1) is 0 Å². The van der Waals surface area contributed by atoms with E-state index in [2.05, 4.69) is 14.5 Å². The van der Waals surface area contributed by atoms with Crippen molar-refractivity contribution in [1.82, 2.24) is 24.1 Å². The fraction of sp³-hybridized carbons (Fsp3) is 0.0741. The summed E-state index contributed by atoms with van der Waals surface area (Å²) < 4.78 is 32.8. The number of para-hydroxylation sites is 1. The van der Waals surface area contributed by atoms with Crippen LogP contribution in [-0.4, -0.2) is 30.3 Å². The molecule has 0 saturated heterocycles. The average Bonchev–Trinajstić information content (AvgIpc) is 3.37. The van der Waals surface area contributed by atoms with E-state index in [-0.39, 0.29) is 6.42 Å². The van der Waals surface area contributed by atoms with Crippen molar-refractivity contribution in [3.05, 3.63) is 91.3 Å². The maximum absolute atomic E-state index is 14.5. The molecule has 1 unspecified atom stereocenters. The van der Waals surface area contributed by atoms with Crippen molar-refractivity contribution in [3.63, 3.8) is 0 Å². The van der Waals surface area contributed by atoms with E-state index in [1.165, 1.54) is 12.2 Å². The first kappa shape index (κ1) is 19.1. The number of nitrogens with zero attached hydrogens (tertiary/aromatic N) is 5. The Labute approximate surface area is 192 Å². The van der Waals surface area contributed by atoms with Crippen LogP contribution in [0.4, 0.5) is 8.78 Å². The highest BCUT2D eigenvalue weighted by Gasteiger charge is 2.24. The molecule has 7 heteroatoms. The van der Waals surface area contributed by atoms with Gasteiger partial charge in [0.15, 0.2) is 0 Å². The summed E-state index contributed by atoms with van der Waals surface area (Å²) in [4.78, 5) is 13.8. The molecule has 7 rings (SSSR count). The Kier molecular flexibility index (Phi) is 3.96.